The molecule has 108 valence electrons. The van der Waals surface area contributed by atoms with Crippen LogP contribution in [0.2, 0.25) is 0 Å². The lowest BCUT2D eigenvalue weighted by Gasteiger charge is -2.22. The molecule has 0 N–H and O–H groups in total. The summed E-state index contributed by atoms with van der Waals surface area (Å²) in [7, 11) is 0. The number of nitrogens with zero attached hydrogens (tertiary/aromatic N) is 1. The van der Waals surface area contributed by atoms with E-state index >= 15 is 0 Å². The van der Waals surface area contributed by atoms with Crippen LogP contribution in [0.5, 0.6) is 0 Å². The Morgan fingerprint density at radius 3 is 1.89 bits per heavy atom. The summed E-state index contributed by atoms with van der Waals surface area (Å²) in [6.45, 7) is 6.07. The Balaban J connectivity index is 0.00000154. The van der Waals surface area contributed by atoms with Crippen molar-refractivity contribution < 1.29 is 4.79 Å². The molecule has 1 amide bonds. The van der Waals surface area contributed by atoms with Gasteiger partial charge in [0.25, 0.3) is 5.91 Å². The smallest absolute Gasteiger partial charge is 0.253 e. The van der Waals surface area contributed by atoms with E-state index in [4.69, 9.17) is 0 Å². The number of carbonyl (C=O) groups is 1. The second-order valence-electron chi connectivity index (χ2n) is 4.37. The van der Waals surface area contributed by atoms with E-state index in [0.29, 0.717) is 0 Å². The first-order chi connectivity index (χ1) is 9.29. The molecule has 0 radical (unpaired) electrons. The number of carbonyl (C=O) groups excluding carboxylic acids is 1. The van der Waals surface area contributed by atoms with Crippen molar-refractivity contribution in [3.63, 3.8) is 0 Å². The molecule has 0 fully saturated rings. The molecule has 1 aromatic carbocycles. The van der Waals surface area contributed by atoms with Gasteiger partial charge in [0.1, 0.15) is 0 Å². The van der Waals surface area contributed by atoms with Gasteiger partial charge in [-0.2, -0.15) is 0 Å². The summed E-state index contributed by atoms with van der Waals surface area (Å²) in [4.78, 5) is 14.3. The Hall–Kier alpha value is -0.610. The molecule has 1 rings (SSSR count). The molecule has 4 heteroatoms. The Morgan fingerprint density at radius 1 is 1.00 bits per heavy atom. The van der Waals surface area contributed by atoms with Crippen LogP contribution in [0.3, 0.4) is 0 Å². The third-order valence-electron chi connectivity index (χ3n) is 2.87. The molecule has 19 heavy (non-hydrogen) atoms. The lowest BCUT2D eigenvalue weighted by atomic mass is 10.1. The second kappa shape index (κ2) is 12.4. The van der Waals surface area contributed by atoms with Crippen molar-refractivity contribution in [2.75, 3.05) is 13.1 Å². The Labute approximate surface area is 127 Å². The van der Waals surface area contributed by atoms with Gasteiger partial charge >= 0.3 is 0 Å². The summed E-state index contributed by atoms with van der Waals surface area (Å²) in [5, 5.41) is 0. The maximum Gasteiger partial charge on any atom is 0.253 e. The standard InChI is InChI=1S/C15H23NO.H2S2/c1-3-5-12-16(13-6-4-2)15(17)14-10-8-7-9-11-14;1-2/h7-11H,3-6,12-13H2,1-2H3;1-2H. The molecular formula is C15H25NOS2. The molecule has 0 aliphatic heterocycles. The molecule has 0 saturated carbocycles. The number of rotatable bonds is 7. The topological polar surface area (TPSA) is 20.3 Å². The first-order valence-electron chi connectivity index (χ1n) is 6.84. The van der Waals surface area contributed by atoms with Crippen molar-refractivity contribution in [2.24, 2.45) is 0 Å². The molecule has 0 aliphatic carbocycles. The van der Waals surface area contributed by atoms with Gasteiger partial charge < -0.3 is 4.90 Å². The van der Waals surface area contributed by atoms with E-state index in [-0.39, 0.29) is 5.91 Å². The number of thiol groups is 2. The van der Waals surface area contributed by atoms with Crippen molar-refractivity contribution in [3.8, 4) is 0 Å². The van der Waals surface area contributed by atoms with Crippen LogP contribution in [0, 0.1) is 0 Å². The van der Waals surface area contributed by atoms with Gasteiger partial charge in [-0.1, -0.05) is 44.9 Å². The van der Waals surface area contributed by atoms with Gasteiger partial charge in [-0.25, -0.2) is 0 Å². The van der Waals surface area contributed by atoms with Crippen molar-refractivity contribution in [3.05, 3.63) is 35.9 Å². The van der Waals surface area contributed by atoms with Gasteiger partial charge in [-0.05, 0) is 25.0 Å². The van der Waals surface area contributed by atoms with Crippen LogP contribution in [0.4, 0.5) is 0 Å². The SMILES string of the molecule is CCCCN(CCCC)C(=O)c1ccccc1.SS. The zero-order valence-corrected chi connectivity index (χ0v) is 13.7. The van der Waals surface area contributed by atoms with E-state index in [2.05, 4.69) is 37.2 Å². The highest BCUT2D eigenvalue weighted by Gasteiger charge is 2.13. The average Bonchev–Trinajstić information content (AvgIpc) is 2.50. The molecule has 0 unspecified atom stereocenters. The predicted molar refractivity (Wildman–Crippen MR) is 90.1 cm³/mol. The summed E-state index contributed by atoms with van der Waals surface area (Å²) in [5.74, 6) is 0.174. The Morgan fingerprint density at radius 2 is 1.47 bits per heavy atom. The molecule has 1 aromatic rings. The molecular weight excluding hydrogens is 274 g/mol. The van der Waals surface area contributed by atoms with Gasteiger partial charge in [-0.3, -0.25) is 4.79 Å². The highest BCUT2D eigenvalue weighted by Crippen LogP contribution is 2.07. The van der Waals surface area contributed by atoms with Gasteiger partial charge in [0.15, 0.2) is 0 Å². The van der Waals surface area contributed by atoms with Crippen molar-refractivity contribution >= 4 is 29.2 Å². The maximum absolute atomic E-state index is 12.3. The molecule has 0 saturated heterocycles. The monoisotopic (exact) mass is 299 g/mol. The van der Waals surface area contributed by atoms with Crippen LogP contribution in [0.25, 0.3) is 0 Å². The minimum Gasteiger partial charge on any atom is -0.339 e. The van der Waals surface area contributed by atoms with Crippen LogP contribution in [-0.2, 0) is 0 Å². The highest BCUT2D eigenvalue weighted by molar-refractivity contribution is 8.59. The van der Waals surface area contributed by atoms with E-state index in [1.165, 1.54) is 0 Å². The highest BCUT2D eigenvalue weighted by atomic mass is 33.1. The first kappa shape index (κ1) is 18.4. The maximum atomic E-state index is 12.3. The van der Waals surface area contributed by atoms with E-state index in [9.17, 15) is 4.79 Å². The van der Waals surface area contributed by atoms with Crippen molar-refractivity contribution in [2.45, 2.75) is 39.5 Å². The summed E-state index contributed by atoms with van der Waals surface area (Å²) < 4.78 is 0. The quantitative estimate of drug-likeness (QED) is 0.561. The van der Waals surface area contributed by atoms with E-state index in [1.54, 1.807) is 0 Å². The predicted octanol–water partition coefficient (Wildman–Crippen LogP) is 4.49. The number of hydrogen-bond donors (Lipinski definition) is 2. The molecule has 0 heterocycles. The normalized spacial score (nSPS) is 9.47. The molecule has 2 nitrogen and oxygen atoms in total. The first-order valence-corrected chi connectivity index (χ1v) is 8.44. The van der Waals surface area contributed by atoms with Crippen molar-refractivity contribution in [1.29, 1.82) is 0 Å². The lowest BCUT2D eigenvalue weighted by Crippen LogP contribution is -2.32. The number of benzene rings is 1. The molecule has 0 spiro atoms. The fourth-order valence-corrected chi connectivity index (χ4v) is 1.78. The minimum atomic E-state index is 0.174. The molecule has 0 atom stereocenters. The second-order valence-corrected chi connectivity index (χ2v) is 4.37. The third kappa shape index (κ3) is 7.53. The van der Waals surface area contributed by atoms with Crippen LogP contribution in [0.1, 0.15) is 49.9 Å². The van der Waals surface area contributed by atoms with Crippen LogP contribution in [0.15, 0.2) is 30.3 Å². The van der Waals surface area contributed by atoms with Gasteiger partial charge in [0.05, 0.1) is 0 Å². The Bertz CT molecular complexity index is 322. The molecule has 0 bridgehead atoms. The molecule has 0 aliphatic rings. The summed E-state index contributed by atoms with van der Waals surface area (Å²) in [6.07, 6.45) is 4.43. The number of unbranched alkanes of at least 4 members (excludes halogenated alkanes) is 2. The minimum absolute atomic E-state index is 0.174. The summed E-state index contributed by atoms with van der Waals surface area (Å²) in [5.41, 5.74) is 0.805. The summed E-state index contributed by atoms with van der Waals surface area (Å²) >= 11 is 6.44. The summed E-state index contributed by atoms with van der Waals surface area (Å²) in [6, 6.07) is 9.58. The van der Waals surface area contributed by atoms with Crippen molar-refractivity contribution in [1.82, 2.24) is 4.90 Å². The lowest BCUT2D eigenvalue weighted by molar-refractivity contribution is 0.0751. The van der Waals surface area contributed by atoms with Crippen LogP contribution >= 0.6 is 23.3 Å². The number of hydrogen-bond acceptors (Lipinski definition) is 3. The largest absolute Gasteiger partial charge is 0.339 e. The van der Waals surface area contributed by atoms with E-state index < -0.39 is 0 Å². The van der Waals surface area contributed by atoms with Crippen LogP contribution < -0.4 is 0 Å². The van der Waals surface area contributed by atoms with Gasteiger partial charge in [0, 0.05) is 18.7 Å². The van der Waals surface area contributed by atoms with E-state index in [1.807, 2.05) is 35.2 Å². The molecule has 0 aromatic heterocycles. The van der Waals surface area contributed by atoms with Gasteiger partial charge in [-0.15, -0.1) is 23.3 Å². The fourth-order valence-electron chi connectivity index (χ4n) is 1.78. The zero-order chi connectivity index (χ0) is 14.5. The van der Waals surface area contributed by atoms with E-state index in [0.717, 1.165) is 44.3 Å². The van der Waals surface area contributed by atoms with Crippen LogP contribution in [-0.4, -0.2) is 23.9 Å². The Kier molecular flexibility index (Phi) is 12.0. The fraction of sp³-hybridized carbons (Fsp3) is 0.533. The van der Waals surface area contributed by atoms with Gasteiger partial charge in [0.2, 0.25) is 0 Å². The number of amides is 1. The zero-order valence-electron chi connectivity index (χ0n) is 11.9. The average molecular weight is 300 g/mol. The third-order valence-corrected chi connectivity index (χ3v) is 2.87.